The number of amides is 3. The molecule has 2 aliphatic rings. The quantitative estimate of drug-likeness (QED) is 0.851. The van der Waals surface area contributed by atoms with Crippen LogP contribution < -0.4 is 10.2 Å². The van der Waals surface area contributed by atoms with Gasteiger partial charge in [0.15, 0.2) is 0 Å². The lowest BCUT2D eigenvalue weighted by Gasteiger charge is -2.25. The van der Waals surface area contributed by atoms with Crippen LogP contribution >= 0.6 is 11.3 Å². The topological polar surface area (TPSA) is 95.5 Å². The van der Waals surface area contributed by atoms with Gasteiger partial charge in [0.05, 0.1) is 11.3 Å². The van der Waals surface area contributed by atoms with Crippen molar-refractivity contribution in [2.24, 2.45) is 0 Å². The van der Waals surface area contributed by atoms with E-state index in [0.717, 1.165) is 11.4 Å². The maximum atomic E-state index is 13.1. The van der Waals surface area contributed by atoms with Crippen LogP contribution in [0.3, 0.4) is 0 Å². The SMILES string of the molecule is CC(C)c1nnc(NC(=O)CN2C(=O)C3CCCN3C(=O)c3ccccc32)s1. The van der Waals surface area contributed by atoms with Crippen LogP contribution in [0.25, 0.3) is 0 Å². The highest BCUT2D eigenvalue weighted by Crippen LogP contribution is 2.32. The Kier molecular flexibility index (Phi) is 4.84. The summed E-state index contributed by atoms with van der Waals surface area (Å²) in [5.41, 5.74) is 0.924. The summed E-state index contributed by atoms with van der Waals surface area (Å²) in [5.74, 6) is -0.513. The zero-order chi connectivity index (χ0) is 19.8. The number of fused-ring (bicyclic) bond motifs is 2. The lowest BCUT2D eigenvalue weighted by atomic mass is 10.1. The third kappa shape index (κ3) is 3.26. The van der Waals surface area contributed by atoms with E-state index < -0.39 is 6.04 Å². The van der Waals surface area contributed by atoms with E-state index >= 15 is 0 Å². The van der Waals surface area contributed by atoms with Gasteiger partial charge in [-0.25, -0.2) is 0 Å². The normalized spacial score (nSPS) is 18.9. The number of nitrogens with one attached hydrogen (secondary N) is 1. The monoisotopic (exact) mass is 399 g/mol. The zero-order valence-electron chi connectivity index (χ0n) is 15.7. The molecule has 1 N–H and O–H groups in total. The van der Waals surface area contributed by atoms with Gasteiger partial charge in [0, 0.05) is 12.5 Å². The highest BCUT2D eigenvalue weighted by Gasteiger charge is 2.42. The van der Waals surface area contributed by atoms with E-state index in [1.165, 1.54) is 16.2 Å². The first-order valence-corrected chi connectivity index (χ1v) is 10.1. The van der Waals surface area contributed by atoms with Gasteiger partial charge < -0.3 is 9.80 Å². The summed E-state index contributed by atoms with van der Waals surface area (Å²) in [6.07, 6.45) is 1.40. The molecule has 0 radical (unpaired) electrons. The molecule has 1 aromatic heterocycles. The molecule has 28 heavy (non-hydrogen) atoms. The minimum atomic E-state index is -0.512. The van der Waals surface area contributed by atoms with Gasteiger partial charge in [0.1, 0.15) is 17.6 Å². The van der Waals surface area contributed by atoms with Crippen molar-refractivity contribution in [2.75, 3.05) is 23.3 Å². The van der Waals surface area contributed by atoms with Gasteiger partial charge in [0.2, 0.25) is 16.9 Å². The van der Waals surface area contributed by atoms with Gasteiger partial charge in [-0.05, 0) is 25.0 Å². The molecule has 2 aromatic rings. The summed E-state index contributed by atoms with van der Waals surface area (Å²) < 4.78 is 0. The Morgan fingerprint density at radius 3 is 2.82 bits per heavy atom. The second-order valence-corrected chi connectivity index (χ2v) is 8.26. The second kappa shape index (κ2) is 7.31. The first kappa shape index (κ1) is 18.5. The Balaban J connectivity index is 1.59. The van der Waals surface area contributed by atoms with Crippen LogP contribution in [0.5, 0.6) is 0 Å². The van der Waals surface area contributed by atoms with Crippen LogP contribution in [-0.2, 0) is 9.59 Å². The van der Waals surface area contributed by atoms with E-state index in [1.807, 2.05) is 13.8 Å². The number of hydrogen-bond donors (Lipinski definition) is 1. The number of carbonyl (C=O) groups is 3. The van der Waals surface area contributed by atoms with Crippen molar-refractivity contribution in [1.82, 2.24) is 15.1 Å². The van der Waals surface area contributed by atoms with E-state index in [2.05, 4.69) is 15.5 Å². The van der Waals surface area contributed by atoms with E-state index in [1.54, 1.807) is 29.2 Å². The third-order valence-corrected chi connectivity index (χ3v) is 6.11. The molecule has 0 bridgehead atoms. The second-order valence-electron chi connectivity index (χ2n) is 7.25. The van der Waals surface area contributed by atoms with E-state index in [9.17, 15) is 14.4 Å². The van der Waals surface area contributed by atoms with Gasteiger partial charge in [-0.15, -0.1) is 10.2 Å². The average molecular weight is 399 g/mol. The Morgan fingerprint density at radius 1 is 1.29 bits per heavy atom. The Labute approximate surface area is 166 Å². The number of rotatable bonds is 4. The predicted molar refractivity (Wildman–Crippen MR) is 105 cm³/mol. The van der Waals surface area contributed by atoms with Crippen molar-refractivity contribution in [2.45, 2.75) is 38.6 Å². The summed E-state index contributed by atoms with van der Waals surface area (Å²) in [6.45, 7) is 4.39. The lowest BCUT2D eigenvalue weighted by Crippen LogP contribution is -2.47. The summed E-state index contributed by atoms with van der Waals surface area (Å²) >= 11 is 1.32. The number of benzene rings is 1. The molecule has 2 aliphatic heterocycles. The fraction of sp³-hybridized carbons (Fsp3) is 0.421. The molecule has 8 nitrogen and oxygen atoms in total. The van der Waals surface area contributed by atoms with Crippen molar-refractivity contribution in [3.05, 3.63) is 34.8 Å². The average Bonchev–Trinajstić information content (AvgIpc) is 3.33. The Hall–Kier alpha value is -2.81. The molecule has 0 aliphatic carbocycles. The number of hydrogen-bond acceptors (Lipinski definition) is 6. The molecule has 1 fully saturated rings. The standard InChI is InChI=1S/C19H21N5O3S/c1-11(2)16-21-22-19(28-16)20-15(25)10-24-13-7-4-3-6-12(13)17(26)23-9-5-8-14(23)18(24)27/h3-4,6-7,11,14H,5,8-10H2,1-2H3,(H,20,22,25). The van der Waals surface area contributed by atoms with Gasteiger partial charge in [-0.2, -0.15) is 0 Å². The molecule has 0 spiro atoms. The largest absolute Gasteiger partial charge is 0.327 e. The molecular weight excluding hydrogens is 378 g/mol. The van der Waals surface area contributed by atoms with Crippen molar-refractivity contribution in [3.63, 3.8) is 0 Å². The van der Waals surface area contributed by atoms with Crippen LogP contribution in [0.15, 0.2) is 24.3 Å². The van der Waals surface area contributed by atoms with E-state index in [-0.39, 0.29) is 30.2 Å². The van der Waals surface area contributed by atoms with Crippen LogP contribution in [0, 0.1) is 0 Å². The van der Waals surface area contributed by atoms with E-state index in [4.69, 9.17) is 0 Å². The van der Waals surface area contributed by atoms with Crippen molar-refractivity contribution >= 4 is 39.9 Å². The Bertz CT molecular complexity index is 941. The minimum absolute atomic E-state index is 0.153. The molecule has 3 amide bonds. The number of anilines is 2. The zero-order valence-corrected chi connectivity index (χ0v) is 16.5. The lowest BCUT2D eigenvalue weighted by molar-refractivity contribution is -0.124. The van der Waals surface area contributed by atoms with Crippen LogP contribution in [0.4, 0.5) is 10.8 Å². The molecule has 1 atom stereocenters. The van der Waals surface area contributed by atoms with Gasteiger partial charge in [0.25, 0.3) is 5.91 Å². The summed E-state index contributed by atoms with van der Waals surface area (Å²) in [6, 6.07) is 6.44. The predicted octanol–water partition coefficient (Wildman–Crippen LogP) is 2.25. The van der Waals surface area contributed by atoms with Crippen LogP contribution in [0.1, 0.15) is 48.0 Å². The molecule has 0 saturated carbocycles. The van der Waals surface area contributed by atoms with Crippen molar-refractivity contribution < 1.29 is 14.4 Å². The molecule has 1 aromatic carbocycles. The van der Waals surface area contributed by atoms with Gasteiger partial charge in [-0.3, -0.25) is 19.7 Å². The van der Waals surface area contributed by atoms with Crippen LogP contribution in [0.2, 0.25) is 0 Å². The number of aromatic nitrogens is 2. The van der Waals surface area contributed by atoms with Gasteiger partial charge in [-0.1, -0.05) is 37.3 Å². The molecule has 1 saturated heterocycles. The minimum Gasteiger partial charge on any atom is -0.327 e. The first-order chi connectivity index (χ1) is 13.5. The molecule has 146 valence electrons. The molecular formula is C19H21N5O3S. The van der Waals surface area contributed by atoms with Crippen LogP contribution in [-0.4, -0.2) is 52.0 Å². The Morgan fingerprint density at radius 2 is 2.07 bits per heavy atom. The third-order valence-electron chi connectivity index (χ3n) is 4.97. The number of para-hydroxylation sites is 1. The molecule has 9 heteroatoms. The number of carbonyl (C=O) groups excluding carboxylic acids is 3. The van der Waals surface area contributed by atoms with Crippen molar-refractivity contribution in [3.8, 4) is 0 Å². The first-order valence-electron chi connectivity index (χ1n) is 9.30. The molecule has 4 rings (SSSR count). The highest BCUT2D eigenvalue weighted by atomic mass is 32.1. The summed E-state index contributed by atoms with van der Waals surface area (Å²) in [5, 5.41) is 12.0. The molecule has 1 unspecified atom stereocenters. The van der Waals surface area contributed by atoms with Gasteiger partial charge >= 0.3 is 0 Å². The maximum Gasteiger partial charge on any atom is 0.256 e. The summed E-state index contributed by atoms with van der Waals surface area (Å²) in [4.78, 5) is 41.7. The highest BCUT2D eigenvalue weighted by molar-refractivity contribution is 7.15. The molecule has 3 heterocycles. The summed E-state index contributed by atoms with van der Waals surface area (Å²) in [7, 11) is 0. The van der Waals surface area contributed by atoms with Crippen molar-refractivity contribution in [1.29, 1.82) is 0 Å². The smallest absolute Gasteiger partial charge is 0.256 e. The van der Waals surface area contributed by atoms with E-state index in [0.29, 0.717) is 29.3 Å². The number of nitrogens with zero attached hydrogens (tertiary/aromatic N) is 4. The fourth-order valence-electron chi connectivity index (χ4n) is 3.59. The fourth-order valence-corrected chi connectivity index (χ4v) is 4.36. The maximum absolute atomic E-state index is 13.1.